The fraction of sp³-hybridized carbons (Fsp3) is 0.631. The number of nitrogens with one attached hydrogen (secondary N) is 5. The highest BCUT2D eigenvalue weighted by atomic mass is 16.6. The summed E-state index contributed by atoms with van der Waals surface area (Å²) < 4.78 is 18.5. The summed E-state index contributed by atoms with van der Waals surface area (Å²) in [5.74, 6) is -12.4. The molecule has 0 saturated carbocycles. The minimum Gasteiger partial charge on any atom is -0.458 e. The molecule has 1 aromatic carbocycles. The zero-order valence-corrected chi connectivity index (χ0v) is 56.6. The topological polar surface area (TPSA) is 366 Å². The van der Waals surface area contributed by atoms with Crippen LogP contribution in [0, 0.1) is 37.5 Å². The number of carbonyl (C=O) groups is 12. The molecule has 10 atom stereocenters. The van der Waals surface area contributed by atoms with E-state index in [1.807, 2.05) is 0 Å². The van der Waals surface area contributed by atoms with Gasteiger partial charge in [0.05, 0.1) is 29.9 Å². The van der Waals surface area contributed by atoms with Crippen molar-refractivity contribution in [3.05, 3.63) is 44.6 Å². The molecule has 10 unspecified atom stereocenters. The number of amides is 10. The van der Waals surface area contributed by atoms with Crippen molar-refractivity contribution in [1.29, 1.82) is 0 Å². The average molecular weight is 1310 g/mol. The van der Waals surface area contributed by atoms with Crippen LogP contribution < -0.4 is 32.0 Å². The molecule has 514 valence electrons. The van der Waals surface area contributed by atoms with Gasteiger partial charge in [0.25, 0.3) is 11.8 Å². The molecule has 29 nitrogen and oxygen atoms in total. The van der Waals surface area contributed by atoms with Crippen LogP contribution in [-0.4, -0.2) is 239 Å². The number of benzene rings is 2. The summed E-state index contributed by atoms with van der Waals surface area (Å²) in [5.41, 5.74) is -2.41. The lowest BCUT2D eigenvalue weighted by Gasteiger charge is -2.36. The van der Waals surface area contributed by atoms with E-state index in [1.54, 1.807) is 62.3 Å². The number of aliphatic hydroxyl groups excluding tert-OH is 1. The number of anilines is 1. The lowest BCUT2D eigenvalue weighted by atomic mass is 9.98. The highest BCUT2D eigenvalue weighted by molar-refractivity contribution is 6.11. The van der Waals surface area contributed by atoms with Crippen LogP contribution in [0.5, 0.6) is 0 Å². The first-order valence-electron chi connectivity index (χ1n) is 32.2. The number of ether oxygens (including phenoxy) is 2. The number of hydrogen-bond acceptors (Lipinski definition) is 19. The van der Waals surface area contributed by atoms with Crippen LogP contribution in [0.1, 0.15) is 133 Å². The van der Waals surface area contributed by atoms with E-state index in [4.69, 9.17) is 18.9 Å². The molecule has 94 heavy (non-hydrogen) atoms. The highest BCUT2D eigenvalue weighted by Gasteiger charge is 2.47. The van der Waals surface area contributed by atoms with Crippen molar-refractivity contribution in [3.63, 3.8) is 0 Å². The van der Waals surface area contributed by atoms with Gasteiger partial charge in [0.15, 0.2) is 11.3 Å². The van der Waals surface area contributed by atoms with Crippen molar-refractivity contribution in [2.45, 2.75) is 176 Å². The molecule has 4 fully saturated rings. The molecule has 1 aromatic rings. The van der Waals surface area contributed by atoms with Gasteiger partial charge in [-0.05, 0) is 95.1 Å². The summed E-state index contributed by atoms with van der Waals surface area (Å²) in [6.07, 6.45) is -1.64. The third-order valence-corrected chi connectivity index (χ3v) is 18.1. The van der Waals surface area contributed by atoms with Gasteiger partial charge in [-0.2, -0.15) is 0 Å². The second-order valence-electron chi connectivity index (χ2n) is 26.5. The normalized spacial score (nSPS) is 25.6. The minimum absolute atomic E-state index is 0.0601. The van der Waals surface area contributed by atoms with Crippen molar-refractivity contribution in [2.24, 2.45) is 23.7 Å². The minimum atomic E-state index is -1.90. The molecule has 0 aromatic heterocycles. The SMILES string of the molecule is Cc1c2oc3c(C)ccc(C(=O)NC4C(=O)NC(C(C)C)C(=O)N5CCCC5C(=O)N(C)CC(=O)N(C)C(C(C)C)C(=O)OC4C)c3nc-2c(C(=O)NC2C(=O)NC(C(C)C)C(=O)N3CCCC3C(=O)N(C)CC(=O)N(C)C(C(C)C)C(=O)OC2C)c(NCCCO)c1=O. The molecule has 0 radical (unpaired) electrons. The predicted molar refractivity (Wildman–Crippen MR) is 341 cm³/mol. The van der Waals surface area contributed by atoms with E-state index in [2.05, 4.69) is 26.6 Å². The Labute approximate surface area is 546 Å². The van der Waals surface area contributed by atoms with Crippen LogP contribution in [0.3, 0.4) is 0 Å². The Balaban J connectivity index is 1.37. The lowest BCUT2D eigenvalue weighted by molar-refractivity contribution is -0.163. The van der Waals surface area contributed by atoms with E-state index in [1.165, 1.54) is 80.7 Å². The number of carbonyl (C=O) groups excluding carboxylic acids is 12. The first-order valence-corrected chi connectivity index (χ1v) is 32.2. The van der Waals surface area contributed by atoms with Gasteiger partial charge in [-0.3, -0.25) is 52.7 Å². The predicted octanol–water partition coefficient (Wildman–Crippen LogP) is 0.938. The summed E-state index contributed by atoms with van der Waals surface area (Å²) in [6, 6.07) is -7.97. The molecule has 5 aliphatic heterocycles. The van der Waals surface area contributed by atoms with Gasteiger partial charge in [0.2, 0.25) is 52.7 Å². The van der Waals surface area contributed by atoms with Crippen molar-refractivity contribution in [2.75, 3.05) is 72.8 Å². The molecule has 4 saturated heterocycles. The maximum atomic E-state index is 15.6. The Hall–Kier alpha value is -8.76. The number of aryl methyl sites for hydroxylation is 1. The number of nitrogens with zero attached hydrogens (tertiary/aromatic N) is 7. The van der Waals surface area contributed by atoms with E-state index in [-0.39, 0.29) is 79.2 Å². The van der Waals surface area contributed by atoms with Gasteiger partial charge in [0, 0.05) is 60.0 Å². The zero-order valence-electron chi connectivity index (χ0n) is 56.6. The number of cyclic esters (lactones) is 2. The number of esters is 2. The monoisotopic (exact) mass is 1310 g/mol. The molecule has 29 heteroatoms. The molecule has 7 rings (SSSR count). The van der Waals surface area contributed by atoms with E-state index >= 15 is 14.4 Å². The molecule has 0 bridgehead atoms. The standard InChI is InChI=1S/C65H92N12O17/c1-30(2)44-62(88)76-25-17-20-39(76)60(86)72(13)28-41(79)74(15)51(32(5)6)64(90)92-36(11)46(58(84)68-44)70-56(82)38-23-22-34(9)54-48(38)67-50-43(49(66-24-19-27-78)53(81)35(10)55(50)94-54)57(83)71-47-37(12)93-65(91)52(33(7)8)75(16)42(80)29-73(14)61(87)40-21-18-26-77(40)63(89)45(31(3)4)69-59(47)85/h22-23,30-33,36-37,39-40,44-47,51-52,66,78H,17-21,24-29H2,1-16H3,(H,68,84)(H,69,85)(H,70,82)(H,71,83). The quantitative estimate of drug-likeness (QED) is 0.0835. The fourth-order valence-corrected chi connectivity index (χ4v) is 12.7. The fourth-order valence-electron chi connectivity index (χ4n) is 12.7. The first kappa shape index (κ1) is 72.7. The van der Waals surface area contributed by atoms with Gasteiger partial charge in [-0.15, -0.1) is 0 Å². The van der Waals surface area contributed by atoms with Gasteiger partial charge in [-0.1, -0.05) is 61.5 Å². The second kappa shape index (κ2) is 30.1. The van der Waals surface area contributed by atoms with Crippen molar-refractivity contribution in [1.82, 2.24) is 55.7 Å². The van der Waals surface area contributed by atoms with E-state index < -0.39 is 185 Å². The Morgan fingerprint density at radius 3 is 1.51 bits per heavy atom. The first-order chi connectivity index (χ1) is 44.1. The van der Waals surface area contributed by atoms with Gasteiger partial charge < -0.3 is 75.0 Å². The summed E-state index contributed by atoms with van der Waals surface area (Å²) in [7, 11) is 5.59. The maximum Gasteiger partial charge on any atom is 0.329 e. The number of aliphatic hydroxyl groups is 1. The zero-order chi connectivity index (χ0) is 69.8. The third kappa shape index (κ3) is 15.1. The van der Waals surface area contributed by atoms with E-state index in [0.29, 0.717) is 18.4 Å². The van der Waals surface area contributed by atoms with Crippen LogP contribution in [-0.2, 0) is 57.4 Å². The van der Waals surface area contributed by atoms with E-state index in [0.717, 1.165) is 9.80 Å². The Morgan fingerprint density at radius 2 is 1.09 bits per heavy atom. The summed E-state index contributed by atoms with van der Waals surface area (Å²) in [6.45, 7) is 18.0. The van der Waals surface area contributed by atoms with Crippen LogP contribution >= 0.6 is 0 Å². The Kier molecular flexibility index (Phi) is 23.3. The Morgan fingerprint density at radius 1 is 0.638 bits per heavy atom. The average Bonchev–Trinajstić information content (AvgIpc) is 0.870. The number of fused-ring (bicyclic) bond motifs is 4. The molecule has 5 heterocycles. The molecular formula is C65H92N12O17. The number of hydrogen-bond donors (Lipinski definition) is 6. The number of rotatable bonds is 12. The Bertz CT molecular complexity index is 3490. The van der Waals surface area contributed by atoms with Gasteiger partial charge in [0.1, 0.15) is 71.8 Å². The van der Waals surface area contributed by atoms with Gasteiger partial charge >= 0.3 is 11.9 Å². The van der Waals surface area contributed by atoms with Crippen molar-refractivity contribution in [3.8, 4) is 11.5 Å². The molecule has 10 amide bonds. The number of likely N-dealkylation sites (N-methyl/N-ethyl adjacent to an activating group) is 4. The molecule has 6 aliphatic rings. The second-order valence-corrected chi connectivity index (χ2v) is 26.5. The molecular weight excluding hydrogens is 1220 g/mol. The summed E-state index contributed by atoms with van der Waals surface area (Å²) >= 11 is 0. The smallest absolute Gasteiger partial charge is 0.329 e. The van der Waals surface area contributed by atoms with Crippen LogP contribution in [0.25, 0.3) is 22.6 Å². The van der Waals surface area contributed by atoms with Crippen molar-refractivity contribution >= 4 is 87.8 Å². The lowest BCUT2D eigenvalue weighted by Crippen LogP contribution is -2.61. The van der Waals surface area contributed by atoms with Gasteiger partial charge in [-0.25, -0.2) is 14.6 Å². The summed E-state index contributed by atoms with van der Waals surface area (Å²) in [5, 5.41) is 23.7. The maximum absolute atomic E-state index is 15.6. The van der Waals surface area contributed by atoms with E-state index in [9.17, 15) is 53.1 Å². The van der Waals surface area contributed by atoms with Crippen LogP contribution in [0.15, 0.2) is 21.3 Å². The molecule has 6 N–H and O–H groups in total. The highest BCUT2D eigenvalue weighted by Crippen LogP contribution is 2.36. The summed E-state index contributed by atoms with van der Waals surface area (Å²) in [4.78, 5) is 202. The third-order valence-electron chi connectivity index (χ3n) is 18.1. The van der Waals surface area contributed by atoms with Crippen LogP contribution in [0.4, 0.5) is 5.69 Å². The molecule has 0 spiro atoms. The van der Waals surface area contributed by atoms with Crippen LogP contribution in [0.2, 0.25) is 0 Å². The molecule has 1 aliphatic carbocycles. The number of aromatic nitrogens is 1. The largest absolute Gasteiger partial charge is 0.458 e. The van der Waals surface area contributed by atoms with Crippen molar-refractivity contribution < 1.29 is 76.5 Å².